The van der Waals surface area contributed by atoms with Crippen molar-refractivity contribution in [1.29, 1.82) is 0 Å². The lowest BCUT2D eigenvalue weighted by molar-refractivity contribution is 0.318. The second-order valence-corrected chi connectivity index (χ2v) is 7.03. The summed E-state index contributed by atoms with van der Waals surface area (Å²) in [7, 11) is 0. The van der Waals surface area contributed by atoms with Crippen molar-refractivity contribution in [2.24, 2.45) is 5.92 Å². The Balaban J connectivity index is 2.15. The van der Waals surface area contributed by atoms with Crippen molar-refractivity contribution < 1.29 is 4.39 Å². The summed E-state index contributed by atoms with van der Waals surface area (Å²) < 4.78 is 14.1. The van der Waals surface area contributed by atoms with Crippen LogP contribution in [0.2, 0.25) is 0 Å². The van der Waals surface area contributed by atoms with Crippen LogP contribution in [-0.4, -0.2) is 17.1 Å². The molecule has 1 saturated carbocycles. The topological polar surface area (TPSA) is 24.9 Å². The highest BCUT2D eigenvalue weighted by Crippen LogP contribution is 2.37. The number of hydrogen-bond acceptors (Lipinski definition) is 2. The number of rotatable bonds is 3. The Morgan fingerprint density at radius 1 is 1.25 bits per heavy atom. The second kappa shape index (κ2) is 6.66. The van der Waals surface area contributed by atoms with Crippen LogP contribution in [0.1, 0.15) is 64.4 Å². The Morgan fingerprint density at radius 2 is 2.00 bits per heavy atom. The smallest absolute Gasteiger partial charge is 0.144 e. The Kier molecular flexibility index (Phi) is 5.14. The van der Waals surface area contributed by atoms with Gasteiger partial charge in [-0.25, -0.2) is 4.39 Å². The van der Waals surface area contributed by atoms with Gasteiger partial charge in [0, 0.05) is 11.7 Å². The molecule has 20 heavy (non-hydrogen) atoms. The lowest BCUT2D eigenvalue weighted by Gasteiger charge is -2.30. The minimum absolute atomic E-state index is 0.119. The van der Waals surface area contributed by atoms with Crippen molar-refractivity contribution in [1.82, 2.24) is 10.3 Å². The van der Waals surface area contributed by atoms with Crippen LogP contribution >= 0.6 is 0 Å². The van der Waals surface area contributed by atoms with Crippen LogP contribution in [0.15, 0.2) is 18.5 Å². The van der Waals surface area contributed by atoms with E-state index >= 15 is 0 Å². The molecular weight excluding hydrogens is 251 g/mol. The molecule has 0 radical (unpaired) electrons. The molecule has 1 aliphatic carbocycles. The van der Waals surface area contributed by atoms with Crippen LogP contribution in [0.3, 0.4) is 0 Å². The van der Waals surface area contributed by atoms with E-state index in [9.17, 15) is 4.39 Å². The van der Waals surface area contributed by atoms with Crippen molar-refractivity contribution >= 4 is 0 Å². The Labute approximate surface area is 122 Å². The van der Waals surface area contributed by atoms with Crippen LogP contribution in [0.5, 0.6) is 0 Å². The number of nitrogens with one attached hydrogen (secondary N) is 1. The van der Waals surface area contributed by atoms with Crippen molar-refractivity contribution in [3.63, 3.8) is 0 Å². The summed E-state index contributed by atoms with van der Waals surface area (Å²) >= 11 is 0. The number of aromatic nitrogens is 1. The minimum atomic E-state index is -0.139. The summed E-state index contributed by atoms with van der Waals surface area (Å²) in [6, 6.07) is 1.87. The number of halogens is 1. The minimum Gasteiger partial charge on any atom is -0.312 e. The zero-order chi connectivity index (χ0) is 14.6. The molecule has 2 atom stereocenters. The predicted octanol–water partition coefficient (Wildman–Crippen LogP) is 4.27. The summed E-state index contributed by atoms with van der Waals surface area (Å²) in [4.78, 5) is 3.88. The zero-order valence-corrected chi connectivity index (χ0v) is 13.0. The molecule has 2 unspecified atom stereocenters. The second-order valence-electron chi connectivity index (χ2n) is 7.03. The van der Waals surface area contributed by atoms with E-state index in [1.165, 1.54) is 31.9 Å². The van der Waals surface area contributed by atoms with E-state index in [4.69, 9.17) is 0 Å². The molecule has 2 rings (SSSR count). The maximum absolute atomic E-state index is 14.1. The molecule has 1 aliphatic rings. The highest BCUT2D eigenvalue weighted by molar-refractivity contribution is 5.19. The fraction of sp³-hybridized carbons (Fsp3) is 0.706. The van der Waals surface area contributed by atoms with Gasteiger partial charge in [0.25, 0.3) is 0 Å². The molecule has 2 nitrogen and oxygen atoms in total. The molecule has 1 heterocycles. The van der Waals surface area contributed by atoms with Gasteiger partial charge in [-0.05, 0) is 63.6 Å². The van der Waals surface area contributed by atoms with Gasteiger partial charge < -0.3 is 5.32 Å². The quantitative estimate of drug-likeness (QED) is 0.835. The van der Waals surface area contributed by atoms with E-state index in [0.717, 1.165) is 18.5 Å². The molecular formula is C17H27FN2. The summed E-state index contributed by atoms with van der Waals surface area (Å²) in [6.07, 6.45) is 9.10. The largest absolute Gasteiger partial charge is 0.312 e. The van der Waals surface area contributed by atoms with Crippen LogP contribution in [-0.2, 0) is 0 Å². The summed E-state index contributed by atoms with van der Waals surface area (Å²) in [5, 5.41) is 3.60. The maximum Gasteiger partial charge on any atom is 0.144 e. The third-order valence-electron chi connectivity index (χ3n) is 4.26. The zero-order valence-electron chi connectivity index (χ0n) is 13.0. The van der Waals surface area contributed by atoms with E-state index in [-0.39, 0.29) is 11.4 Å². The van der Waals surface area contributed by atoms with E-state index in [2.05, 4.69) is 31.1 Å². The number of nitrogens with zero attached hydrogens (tertiary/aromatic N) is 1. The van der Waals surface area contributed by atoms with E-state index < -0.39 is 0 Å². The van der Waals surface area contributed by atoms with Crippen molar-refractivity contribution in [2.45, 2.75) is 64.3 Å². The predicted molar refractivity (Wildman–Crippen MR) is 81.3 cm³/mol. The molecule has 0 amide bonds. The third-order valence-corrected chi connectivity index (χ3v) is 4.26. The number of pyridine rings is 1. The van der Waals surface area contributed by atoms with E-state index in [0.29, 0.717) is 11.8 Å². The van der Waals surface area contributed by atoms with Gasteiger partial charge in [-0.15, -0.1) is 0 Å². The molecule has 0 aliphatic heterocycles. The van der Waals surface area contributed by atoms with Crippen LogP contribution < -0.4 is 5.32 Å². The van der Waals surface area contributed by atoms with Gasteiger partial charge in [-0.1, -0.05) is 19.3 Å². The normalized spacial score (nSPS) is 24.4. The highest BCUT2D eigenvalue weighted by atomic mass is 19.1. The fourth-order valence-electron chi connectivity index (χ4n) is 3.16. The molecule has 3 heteroatoms. The molecule has 112 valence electrons. The average Bonchev–Trinajstić information content (AvgIpc) is 2.61. The SMILES string of the molecule is CC(C)(C)NCC1CCCCCC1c1ccncc1F. The van der Waals surface area contributed by atoms with Crippen LogP contribution in [0.4, 0.5) is 4.39 Å². The van der Waals surface area contributed by atoms with Gasteiger partial charge in [0.1, 0.15) is 5.82 Å². The molecule has 1 fully saturated rings. The number of hydrogen-bond donors (Lipinski definition) is 1. The van der Waals surface area contributed by atoms with Gasteiger partial charge in [0.2, 0.25) is 0 Å². The molecule has 0 aromatic carbocycles. The van der Waals surface area contributed by atoms with Crippen molar-refractivity contribution in [3.8, 4) is 0 Å². The maximum atomic E-state index is 14.1. The lowest BCUT2D eigenvalue weighted by Crippen LogP contribution is -2.40. The summed E-state index contributed by atoms with van der Waals surface area (Å²) in [6.45, 7) is 7.53. The molecule has 1 aromatic rings. The molecule has 0 bridgehead atoms. The third kappa shape index (κ3) is 4.27. The Morgan fingerprint density at radius 3 is 2.70 bits per heavy atom. The van der Waals surface area contributed by atoms with Crippen LogP contribution in [0, 0.1) is 11.7 Å². The van der Waals surface area contributed by atoms with E-state index in [1.54, 1.807) is 6.20 Å². The monoisotopic (exact) mass is 278 g/mol. The van der Waals surface area contributed by atoms with E-state index in [1.807, 2.05) is 6.07 Å². The first-order chi connectivity index (χ1) is 9.47. The Bertz CT molecular complexity index is 425. The first kappa shape index (κ1) is 15.4. The molecule has 0 saturated heterocycles. The highest BCUT2D eigenvalue weighted by Gasteiger charge is 2.28. The van der Waals surface area contributed by atoms with Crippen LogP contribution in [0.25, 0.3) is 0 Å². The summed E-state index contributed by atoms with van der Waals surface area (Å²) in [5.41, 5.74) is 0.982. The van der Waals surface area contributed by atoms with Gasteiger partial charge >= 0.3 is 0 Å². The lowest BCUT2D eigenvalue weighted by atomic mass is 9.82. The molecule has 0 spiro atoms. The molecule has 1 N–H and O–H groups in total. The standard InChI is InChI=1S/C17H27FN2/c1-17(2,3)20-11-13-7-5-4-6-8-14(13)15-9-10-19-12-16(15)18/h9-10,12-14,20H,4-8,11H2,1-3H3. The van der Waals surface area contributed by atoms with Crippen molar-refractivity contribution in [2.75, 3.05) is 6.54 Å². The Hall–Kier alpha value is -0.960. The summed E-state index contributed by atoms with van der Waals surface area (Å²) in [5.74, 6) is 0.712. The average molecular weight is 278 g/mol. The van der Waals surface area contributed by atoms with Gasteiger partial charge in [0.15, 0.2) is 0 Å². The first-order valence-corrected chi connectivity index (χ1v) is 7.82. The van der Waals surface area contributed by atoms with Gasteiger partial charge in [0.05, 0.1) is 6.20 Å². The van der Waals surface area contributed by atoms with Gasteiger partial charge in [-0.3, -0.25) is 4.98 Å². The first-order valence-electron chi connectivity index (χ1n) is 7.82. The fourth-order valence-corrected chi connectivity index (χ4v) is 3.16. The van der Waals surface area contributed by atoms with Crippen molar-refractivity contribution in [3.05, 3.63) is 29.8 Å². The molecule has 1 aromatic heterocycles. The van der Waals surface area contributed by atoms with Gasteiger partial charge in [-0.2, -0.15) is 0 Å².